The fraction of sp³-hybridized carbons (Fsp3) is 0.250. The van der Waals surface area contributed by atoms with Gasteiger partial charge >= 0.3 is 0 Å². The molecule has 0 radical (unpaired) electrons. The van der Waals surface area contributed by atoms with E-state index in [-0.39, 0.29) is 18.4 Å². The van der Waals surface area contributed by atoms with Gasteiger partial charge in [-0.05, 0) is 18.2 Å². The molecule has 0 aliphatic heterocycles. The number of hydrogen-bond acceptors (Lipinski definition) is 4. The van der Waals surface area contributed by atoms with Crippen LogP contribution in [0.3, 0.4) is 0 Å². The molecule has 0 bridgehead atoms. The highest BCUT2D eigenvalue weighted by Gasteiger charge is 2.11. The zero-order valence-electron chi connectivity index (χ0n) is 11.7. The largest absolute Gasteiger partial charge is 0.384 e. The number of nitrogens with one attached hydrogen (secondary N) is 1. The Labute approximate surface area is 127 Å². The van der Waals surface area contributed by atoms with Crippen molar-refractivity contribution in [1.29, 1.82) is 0 Å². The summed E-state index contributed by atoms with van der Waals surface area (Å²) in [6, 6.07) is 7.04. The molecule has 1 atom stereocenters. The maximum absolute atomic E-state index is 12.1. The van der Waals surface area contributed by atoms with E-state index in [1.165, 1.54) is 0 Å². The molecule has 0 saturated heterocycles. The molecule has 1 amide bonds. The molecule has 2 rings (SSSR count). The Hall–Kier alpha value is -2.16. The molecule has 21 heavy (non-hydrogen) atoms. The van der Waals surface area contributed by atoms with Crippen molar-refractivity contribution < 1.29 is 9.90 Å². The highest BCUT2D eigenvalue weighted by Crippen LogP contribution is 2.16. The molecular formula is C16H16N2O2S. The normalized spacial score (nSPS) is 11.3. The SMILES string of the molecule is CC(CNC(=O)c1cccc(C#CCO)c1)c1nccs1. The summed E-state index contributed by atoms with van der Waals surface area (Å²) in [5, 5.41) is 14.5. The van der Waals surface area contributed by atoms with Crippen molar-refractivity contribution in [2.45, 2.75) is 12.8 Å². The average Bonchev–Trinajstić information content (AvgIpc) is 3.05. The third-order valence-electron chi connectivity index (χ3n) is 2.88. The van der Waals surface area contributed by atoms with Crippen LogP contribution in [0.15, 0.2) is 35.8 Å². The minimum Gasteiger partial charge on any atom is -0.384 e. The first-order valence-corrected chi connectivity index (χ1v) is 7.46. The van der Waals surface area contributed by atoms with Gasteiger partial charge in [-0.3, -0.25) is 4.79 Å². The summed E-state index contributed by atoms with van der Waals surface area (Å²) in [6.07, 6.45) is 1.77. The first-order chi connectivity index (χ1) is 10.2. The number of amides is 1. The predicted octanol–water partition coefficient (Wildman–Crippen LogP) is 2.02. The molecule has 1 heterocycles. The Balaban J connectivity index is 1.97. The number of hydrogen-bond donors (Lipinski definition) is 2. The number of aliphatic hydroxyl groups excluding tert-OH is 1. The quantitative estimate of drug-likeness (QED) is 0.849. The van der Waals surface area contributed by atoms with Gasteiger partial charge in [0.15, 0.2) is 0 Å². The summed E-state index contributed by atoms with van der Waals surface area (Å²) in [5.74, 6) is 5.41. The first-order valence-electron chi connectivity index (χ1n) is 6.58. The van der Waals surface area contributed by atoms with E-state index in [0.717, 1.165) is 5.01 Å². The number of carbonyl (C=O) groups is 1. The van der Waals surface area contributed by atoms with Crippen molar-refractivity contribution in [3.05, 3.63) is 52.0 Å². The smallest absolute Gasteiger partial charge is 0.251 e. The van der Waals surface area contributed by atoms with Crippen LogP contribution in [0.4, 0.5) is 0 Å². The Morgan fingerprint density at radius 2 is 2.38 bits per heavy atom. The van der Waals surface area contributed by atoms with Gasteiger partial charge in [0.25, 0.3) is 5.91 Å². The molecule has 0 aliphatic rings. The van der Waals surface area contributed by atoms with Gasteiger partial charge in [-0.15, -0.1) is 11.3 Å². The standard InChI is InChI=1S/C16H16N2O2S/c1-12(16-17-7-9-21-16)11-18-15(20)14-6-2-4-13(10-14)5-3-8-19/h2,4,6-7,9-10,12,19H,8,11H2,1H3,(H,18,20). The molecule has 1 aromatic heterocycles. The number of thiazole rings is 1. The predicted molar refractivity (Wildman–Crippen MR) is 83.3 cm³/mol. The van der Waals surface area contributed by atoms with Gasteiger partial charge in [0.05, 0.1) is 5.01 Å². The molecule has 1 aromatic carbocycles. The second kappa shape index (κ2) is 7.58. The van der Waals surface area contributed by atoms with Gasteiger partial charge in [0.2, 0.25) is 0 Å². The summed E-state index contributed by atoms with van der Waals surface area (Å²) in [4.78, 5) is 16.4. The Kier molecular flexibility index (Phi) is 5.50. The minimum atomic E-state index is -0.193. The van der Waals surface area contributed by atoms with Crippen LogP contribution in [-0.2, 0) is 0 Å². The zero-order chi connectivity index (χ0) is 15.1. The van der Waals surface area contributed by atoms with E-state index in [0.29, 0.717) is 17.7 Å². The molecule has 108 valence electrons. The van der Waals surface area contributed by atoms with E-state index < -0.39 is 0 Å². The third-order valence-corrected chi connectivity index (χ3v) is 3.89. The van der Waals surface area contributed by atoms with E-state index in [1.807, 2.05) is 12.3 Å². The summed E-state index contributed by atoms with van der Waals surface area (Å²) >= 11 is 1.59. The van der Waals surface area contributed by atoms with Crippen molar-refractivity contribution in [2.24, 2.45) is 0 Å². The van der Waals surface area contributed by atoms with Crippen LogP contribution in [-0.4, -0.2) is 29.1 Å². The van der Waals surface area contributed by atoms with Gasteiger partial charge in [0, 0.05) is 35.2 Å². The fourth-order valence-corrected chi connectivity index (χ4v) is 2.49. The van der Waals surface area contributed by atoms with Crippen LogP contribution < -0.4 is 5.32 Å². The van der Waals surface area contributed by atoms with Gasteiger partial charge in [-0.25, -0.2) is 4.98 Å². The number of benzene rings is 1. The molecule has 2 N–H and O–H groups in total. The lowest BCUT2D eigenvalue weighted by atomic mass is 10.1. The Morgan fingerprint density at radius 1 is 1.52 bits per heavy atom. The van der Waals surface area contributed by atoms with Crippen LogP contribution in [0, 0.1) is 11.8 Å². The van der Waals surface area contributed by atoms with Crippen molar-refractivity contribution in [3.8, 4) is 11.8 Å². The molecule has 0 fully saturated rings. The molecular weight excluding hydrogens is 284 g/mol. The molecule has 0 saturated carbocycles. The minimum absolute atomic E-state index is 0.133. The van der Waals surface area contributed by atoms with Crippen LogP contribution in [0.1, 0.15) is 33.8 Å². The number of nitrogens with zero attached hydrogens (tertiary/aromatic N) is 1. The highest BCUT2D eigenvalue weighted by atomic mass is 32.1. The number of aliphatic hydroxyl groups is 1. The number of rotatable bonds is 4. The van der Waals surface area contributed by atoms with Gasteiger partial charge in [-0.2, -0.15) is 0 Å². The zero-order valence-corrected chi connectivity index (χ0v) is 12.5. The topological polar surface area (TPSA) is 62.2 Å². The van der Waals surface area contributed by atoms with E-state index >= 15 is 0 Å². The second-order valence-corrected chi connectivity index (χ2v) is 5.45. The van der Waals surface area contributed by atoms with Crippen molar-refractivity contribution in [2.75, 3.05) is 13.2 Å². The summed E-state index contributed by atoms with van der Waals surface area (Å²) in [7, 11) is 0. The van der Waals surface area contributed by atoms with E-state index in [4.69, 9.17) is 5.11 Å². The lowest BCUT2D eigenvalue weighted by Crippen LogP contribution is -2.27. The van der Waals surface area contributed by atoms with E-state index in [9.17, 15) is 4.79 Å². The lowest BCUT2D eigenvalue weighted by molar-refractivity contribution is 0.0951. The van der Waals surface area contributed by atoms with Crippen molar-refractivity contribution in [3.63, 3.8) is 0 Å². The van der Waals surface area contributed by atoms with E-state index in [1.54, 1.807) is 41.8 Å². The Bertz CT molecular complexity index is 656. The van der Waals surface area contributed by atoms with Crippen LogP contribution in [0.2, 0.25) is 0 Å². The monoisotopic (exact) mass is 300 g/mol. The Morgan fingerprint density at radius 3 is 3.10 bits per heavy atom. The first kappa shape index (κ1) is 15.2. The maximum Gasteiger partial charge on any atom is 0.251 e. The van der Waals surface area contributed by atoms with E-state index in [2.05, 4.69) is 22.1 Å². The average molecular weight is 300 g/mol. The van der Waals surface area contributed by atoms with Gasteiger partial charge < -0.3 is 10.4 Å². The molecule has 2 aromatic rings. The van der Waals surface area contributed by atoms with Crippen molar-refractivity contribution >= 4 is 17.2 Å². The third kappa shape index (κ3) is 4.42. The maximum atomic E-state index is 12.1. The summed E-state index contributed by atoms with van der Waals surface area (Å²) < 4.78 is 0. The summed E-state index contributed by atoms with van der Waals surface area (Å²) in [6.45, 7) is 2.38. The molecule has 5 heteroatoms. The molecule has 4 nitrogen and oxygen atoms in total. The van der Waals surface area contributed by atoms with Crippen molar-refractivity contribution in [1.82, 2.24) is 10.3 Å². The second-order valence-electron chi connectivity index (χ2n) is 4.52. The number of carbonyl (C=O) groups excluding carboxylic acids is 1. The van der Waals surface area contributed by atoms with Gasteiger partial charge in [0.1, 0.15) is 6.61 Å². The summed E-state index contributed by atoms with van der Waals surface area (Å²) in [5.41, 5.74) is 1.27. The molecule has 0 aliphatic carbocycles. The van der Waals surface area contributed by atoms with Crippen LogP contribution in [0.5, 0.6) is 0 Å². The fourth-order valence-electron chi connectivity index (χ4n) is 1.79. The van der Waals surface area contributed by atoms with Crippen LogP contribution in [0.25, 0.3) is 0 Å². The molecule has 1 unspecified atom stereocenters. The van der Waals surface area contributed by atoms with Crippen LogP contribution >= 0.6 is 11.3 Å². The highest BCUT2D eigenvalue weighted by molar-refractivity contribution is 7.09. The van der Waals surface area contributed by atoms with Gasteiger partial charge in [-0.1, -0.05) is 24.8 Å². The molecule has 0 spiro atoms. The lowest BCUT2D eigenvalue weighted by Gasteiger charge is -2.10. The number of aromatic nitrogens is 1.